The Morgan fingerprint density at radius 1 is 1.30 bits per heavy atom. The molecule has 7 nitrogen and oxygen atoms in total. The summed E-state index contributed by atoms with van der Waals surface area (Å²) in [6.45, 7) is 3.96. The molecule has 2 amide bonds. The summed E-state index contributed by atoms with van der Waals surface area (Å²) in [6, 6.07) is 9.22. The number of nitrogens with one attached hydrogen (secondary N) is 2. The molecule has 1 aromatic carbocycles. The molecule has 0 bridgehead atoms. The van der Waals surface area contributed by atoms with Crippen molar-refractivity contribution >= 4 is 17.8 Å². The molecule has 0 aliphatic carbocycles. The van der Waals surface area contributed by atoms with Gasteiger partial charge < -0.3 is 20.3 Å². The van der Waals surface area contributed by atoms with E-state index < -0.39 is 12.0 Å². The second kappa shape index (κ2) is 11.3. The number of nitrogens with zero attached hydrogens (tertiary/aromatic N) is 1. The molecule has 0 radical (unpaired) electrons. The maximum Gasteiger partial charge on any atom is 0.308 e. The fourth-order valence-electron chi connectivity index (χ4n) is 2.94. The summed E-state index contributed by atoms with van der Waals surface area (Å²) in [5.41, 5.74) is 1.20. The van der Waals surface area contributed by atoms with E-state index in [4.69, 9.17) is 4.74 Å². The van der Waals surface area contributed by atoms with E-state index in [1.807, 2.05) is 37.3 Å². The standard InChI is InChI=1S/C20H29N3O4/c1-2-3-13-27-19(25)14-17-20(26)22-11-12-23(17)18(24)15-21-10-9-16-7-5-4-6-8-16/h4-8,17,21H,2-3,9-15H2,1H3,(H,22,26). The van der Waals surface area contributed by atoms with Gasteiger partial charge in [-0.2, -0.15) is 0 Å². The Kier molecular flexibility index (Phi) is 8.77. The zero-order valence-corrected chi connectivity index (χ0v) is 15.9. The lowest BCUT2D eigenvalue weighted by atomic mass is 10.1. The van der Waals surface area contributed by atoms with Crippen LogP contribution in [0.15, 0.2) is 30.3 Å². The molecule has 1 fully saturated rings. The molecular formula is C20H29N3O4. The predicted octanol–water partition coefficient (Wildman–Crippen LogP) is 0.879. The van der Waals surface area contributed by atoms with Gasteiger partial charge in [-0.15, -0.1) is 0 Å². The van der Waals surface area contributed by atoms with E-state index in [1.165, 1.54) is 10.5 Å². The summed E-state index contributed by atoms with van der Waals surface area (Å²) in [6.07, 6.45) is 2.43. The second-order valence-corrected chi connectivity index (χ2v) is 6.58. The van der Waals surface area contributed by atoms with Crippen molar-refractivity contribution in [2.24, 2.45) is 0 Å². The Morgan fingerprint density at radius 3 is 2.81 bits per heavy atom. The average molecular weight is 375 g/mol. The minimum absolute atomic E-state index is 0.106. The molecule has 1 aliphatic heterocycles. The number of carbonyl (C=O) groups is 3. The van der Waals surface area contributed by atoms with Gasteiger partial charge in [-0.3, -0.25) is 14.4 Å². The van der Waals surface area contributed by atoms with Gasteiger partial charge in [0.15, 0.2) is 0 Å². The van der Waals surface area contributed by atoms with Crippen LogP contribution in [-0.4, -0.2) is 61.5 Å². The van der Waals surface area contributed by atoms with Gasteiger partial charge in [0.2, 0.25) is 11.8 Å². The summed E-state index contributed by atoms with van der Waals surface area (Å²) in [4.78, 5) is 38.1. The van der Waals surface area contributed by atoms with Crippen LogP contribution in [-0.2, 0) is 25.5 Å². The Balaban J connectivity index is 1.80. The van der Waals surface area contributed by atoms with Crippen LogP contribution in [0.2, 0.25) is 0 Å². The minimum atomic E-state index is -0.795. The summed E-state index contributed by atoms with van der Waals surface area (Å²) in [5.74, 6) is -0.920. The molecule has 1 heterocycles. The van der Waals surface area contributed by atoms with Crippen LogP contribution in [0.25, 0.3) is 0 Å². The van der Waals surface area contributed by atoms with Crippen molar-refractivity contribution in [1.82, 2.24) is 15.5 Å². The summed E-state index contributed by atoms with van der Waals surface area (Å²) >= 11 is 0. The van der Waals surface area contributed by atoms with Crippen LogP contribution in [0.5, 0.6) is 0 Å². The largest absolute Gasteiger partial charge is 0.466 e. The normalized spacial score (nSPS) is 16.7. The summed E-state index contributed by atoms with van der Waals surface area (Å²) < 4.78 is 5.14. The van der Waals surface area contributed by atoms with Crippen LogP contribution in [0.1, 0.15) is 31.7 Å². The molecular weight excluding hydrogens is 346 g/mol. The van der Waals surface area contributed by atoms with E-state index in [9.17, 15) is 14.4 Å². The number of hydrogen-bond donors (Lipinski definition) is 2. The molecule has 148 valence electrons. The SMILES string of the molecule is CCCCOC(=O)CC1C(=O)NCCN1C(=O)CNCCc1ccccc1. The first-order valence-electron chi connectivity index (χ1n) is 9.59. The second-order valence-electron chi connectivity index (χ2n) is 6.58. The highest BCUT2D eigenvalue weighted by Crippen LogP contribution is 2.10. The van der Waals surface area contributed by atoms with Gasteiger partial charge in [0.1, 0.15) is 6.04 Å². The average Bonchev–Trinajstić information content (AvgIpc) is 2.67. The van der Waals surface area contributed by atoms with Gasteiger partial charge in [0, 0.05) is 13.1 Å². The number of esters is 1. The van der Waals surface area contributed by atoms with Crippen LogP contribution < -0.4 is 10.6 Å². The smallest absolute Gasteiger partial charge is 0.308 e. The first-order chi connectivity index (χ1) is 13.1. The third-order valence-corrected chi connectivity index (χ3v) is 4.48. The van der Waals surface area contributed by atoms with Crippen molar-refractivity contribution < 1.29 is 19.1 Å². The number of amides is 2. The topological polar surface area (TPSA) is 87.7 Å². The molecule has 0 spiro atoms. The van der Waals surface area contributed by atoms with Crippen molar-refractivity contribution in [3.05, 3.63) is 35.9 Å². The quantitative estimate of drug-likeness (QED) is 0.468. The minimum Gasteiger partial charge on any atom is -0.466 e. The highest BCUT2D eigenvalue weighted by atomic mass is 16.5. The van der Waals surface area contributed by atoms with E-state index >= 15 is 0 Å². The zero-order chi connectivity index (χ0) is 19.5. The van der Waals surface area contributed by atoms with E-state index in [-0.39, 0.29) is 24.8 Å². The molecule has 2 rings (SSSR count). The van der Waals surface area contributed by atoms with Crippen LogP contribution in [0, 0.1) is 0 Å². The Labute approximate surface area is 160 Å². The van der Waals surface area contributed by atoms with Gasteiger partial charge in [0.05, 0.1) is 19.6 Å². The van der Waals surface area contributed by atoms with Crippen molar-refractivity contribution in [3.63, 3.8) is 0 Å². The molecule has 1 unspecified atom stereocenters. The van der Waals surface area contributed by atoms with E-state index in [0.717, 1.165) is 19.3 Å². The summed E-state index contributed by atoms with van der Waals surface area (Å²) in [5, 5.41) is 5.84. The molecule has 1 saturated heterocycles. The van der Waals surface area contributed by atoms with Gasteiger partial charge in [-0.25, -0.2) is 0 Å². The van der Waals surface area contributed by atoms with Crippen molar-refractivity contribution in [2.75, 3.05) is 32.8 Å². The number of carbonyl (C=O) groups excluding carboxylic acids is 3. The van der Waals surface area contributed by atoms with Crippen LogP contribution in [0.4, 0.5) is 0 Å². The monoisotopic (exact) mass is 375 g/mol. The molecule has 1 aliphatic rings. The molecule has 7 heteroatoms. The molecule has 1 aromatic rings. The first kappa shape index (κ1) is 20.9. The fraction of sp³-hybridized carbons (Fsp3) is 0.550. The Hall–Kier alpha value is -2.41. The van der Waals surface area contributed by atoms with Gasteiger partial charge in [0.25, 0.3) is 0 Å². The molecule has 0 saturated carbocycles. The maximum atomic E-state index is 12.5. The lowest BCUT2D eigenvalue weighted by Crippen LogP contribution is -2.59. The number of unbranched alkanes of at least 4 members (excludes halogenated alkanes) is 1. The number of ether oxygens (including phenoxy) is 1. The lowest BCUT2D eigenvalue weighted by Gasteiger charge is -2.34. The third-order valence-electron chi connectivity index (χ3n) is 4.48. The predicted molar refractivity (Wildman–Crippen MR) is 102 cm³/mol. The first-order valence-corrected chi connectivity index (χ1v) is 9.59. The molecule has 1 atom stereocenters. The van der Waals surface area contributed by atoms with E-state index in [0.29, 0.717) is 26.2 Å². The van der Waals surface area contributed by atoms with Gasteiger partial charge in [-0.1, -0.05) is 43.7 Å². The fourth-order valence-corrected chi connectivity index (χ4v) is 2.94. The zero-order valence-electron chi connectivity index (χ0n) is 15.9. The van der Waals surface area contributed by atoms with Crippen LogP contribution >= 0.6 is 0 Å². The number of benzene rings is 1. The Bertz CT molecular complexity index is 621. The third kappa shape index (κ3) is 7.02. The van der Waals surface area contributed by atoms with E-state index in [2.05, 4.69) is 10.6 Å². The summed E-state index contributed by atoms with van der Waals surface area (Å²) in [7, 11) is 0. The van der Waals surface area contributed by atoms with Crippen molar-refractivity contribution in [1.29, 1.82) is 0 Å². The van der Waals surface area contributed by atoms with E-state index in [1.54, 1.807) is 0 Å². The van der Waals surface area contributed by atoms with Crippen molar-refractivity contribution in [2.45, 2.75) is 38.6 Å². The number of rotatable bonds is 10. The number of piperazine rings is 1. The number of hydrogen-bond acceptors (Lipinski definition) is 5. The molecule has 0 aromatic heterocycles. The highest BCUT2D eigenvalue weighted by Gasteiger charge is 2.34. The van der Waals surface area contributed by atoms with Crippen molar-refractivity contribution in [3.8, 4) is 0 Å². The van der Waals surface area contributed by atoms with Gasteiger partial charge >= 0.3 is 5.97 Å². The molecule has 27 heavy (non-hydrogen) atoms. The van der Waals surface area contributed by atoms with Crippen LogP contribution in [0.3, 0.4) is 0 Å². The van der Waals surface area contributed by atoms with Gasteiger partial charge in [-0.05, 0) is 24.9 Å². The highest BCUT2D eigenvalue weighted by molar-refractivity contribution is 5.92. The lowest BCUT2D eigenvalue weighted by molar-refractivity contribution is -0.151. The Morgan fingerprint density at radius 2 is 2.07 bits per heavy atom. The molecule has 2 N–H and O–H groups in total. The maximum absolute atomic E-state index is 12.5.